The van der Waals surface area contributed by atoms with Crippen molar-refractivity contribution < 1.29 is 24.2 Å². The summed E-state index contributed by atoms with van der Waals surface area (Å²) in [5.74, 6) is -0.850. The molecule has 0 aliphatic rings. The molecule has 3 N–H and O–H groups in total. The van der Waals surface area contributed by atoms with Gasteiger partial charge in [0.15, 0.2) is 0 Å². The third-order valence-corrected chi connectivity index (χ3v) is 8.01. The van der Waals surface area contributed by atoms with Crippen LogP contribution in [0, 0.1) is 5.92 Å². The monoisotopic (exact) mass is 593 g/mol. The van der Waals surface area contributed by atoms with Crippen molar-refractivity contribution in [2.45, 2.75) is 51.9 Å². The fourth-order valence-electron chi connectivity index (χ4n) is 4.81. The molecule has 0 aliphatic heterocycles. The quantitative estimate of drug-likeness (QED) is 0.196. The van der Waals surface area contributed by atoms with Gasteiger partial charge in [0, 0.05) is 19.1 Å². The molecule has 42 heavy (non-hydrogen) atoms. The first-order valence-corrected chi connectivity index (χ1v) is 15.8. The average molecular weight is 594 g/mol. The first-order valence-electron chi connectivity index (χ1n) is 14.4. The molecule has 0 radical (unpaired) electrons. The van der Waals surface area contributed by atoms with E-state index in [0.29, 0.717) is 31.9 Å². The van der Waals surface area contributed by atoms with Gasteiger partial charge in [0.25, 0.3) is 0 Å². The van der Waals surface area contributed by atoms with Gasteiger partial charge in [-0.3, -0.25) is 14.5 Å². The normalized spacial score (nSPS) is 13.4. The number of hydrogen-bond acceptors (Lipinski definition) is 6. The average Bonchev–Trinajstić information content (AvgIpc) is 2.99. The Labute approximate surface area is 253 Å². The molecule has 9 heteroatoms. The summed E-state index contributed by atoms with van der Waals surface area (Å²) in [5, 5.41) is 17.7. The van der Waals surface area contributed by atoms with Gasteiger partial charge in [-0.25, -0.2) is 4.79 Å². The van der Waals surface area contributed by atoms with Gasteiger partial charge in [0.1, 0.15) is 12.6 Å². The van der Waals surface area contributed by atoms with Gasteiger partial charge in [-0.05, 0) is 46.2 Å². The van der Waals surface area contributed by atoms with Crippen LogP contribution in [0.3, 0.4) is 0 Å². The second-order valence-electron chi connectivity index (χ2n) is 10.6. The predicted octanol–water partition coefficient (Wildman–Crippen LogP) is 4.71. The summed E-state index contributed by atoms with van der Waals surface area (Å²) < 4.78 is 5.66. The Balaban J connectivity index is 1.75. The standard InChI is InChI=1S/C33H43N3O5S/c1-4-24(2)30(35-32(38)23-41-22-25-11-6-5-7-12-25)20-36(21-31(37)34-29(33(39)40)17-18-42-3)19-27-15-10-14-26-13-8-9-16-28(26)27/h5-16,24,29-30H,4,17-23H2,1-3H3,(H,34,37)(H,35,38)(H,39,40)/t24-,29-,30+/m0/s1. The smallest absolute Gasteiger partial charge is 0.326 e. The Morgan fingerprint density at radius 1 is 0.952 bits per heavy atom. The van der Waals surface area contributed by atoms with Crippen LogP contribution in [0.1, 0.15) is 37.8 Å². The molecule has 0 heterocycles. The summed E-state index contributed by atoms with van der Waals surface area (Å²) in [5.41, 5.74) is 2.05. The molecule has 2 amide bonds. The minimum atomic E-state index is -1.04. The highest BCUT2D eigenvalue weighted by Gasteiger charge is 2.25. The number of thioether (sulfide) groups is 1. The van der Waals surface area contributed by atoms with E-state index in [1.54, 1.807) is 0 Å². The number of aliphatic carboxylic acids is 1. The Morgan fingerprint density at radius 2 is 1.67 bits per heavy atom. The van der Waals surface area contributed by atoms with Gasteiger partial charge >= 0.3 is 5.97 Å². The number of nitrogens with zero attached hydrogens (tertiary/aromatic N) is 1. The highest BCUT2D eigenvalue weighted by atomic mass is 32.2. The zero-order valence-corrected chi connectivity index (χ0v) is 25.6. The lowest BCUT2D eigenvalue weighted by Gasteiger charge is -2.31. The topological polar surface area (TPSA) is 108 Å². The molecule has 3 aromatic rings. The molecule has 3 aromatic carbocycles. The van der Waals surface area contributed by atoms with E-state index in [1.807, 2.05) is 65.8 Å². The lowest BCUT2D eigenvalue weighted by atomic mass is 9.97. The number of rotatable bonds is 18. The van der Waals surface area contributed by atoms with Gasteiger partial charge in [-0.15, -0.1) is 0 Å². The highest BCUT2D eigenvalue weighted by Crippen LogP contribution is 2.21. The zero-order chi connectivity index (χ0) is 30.3. The van der Waals surface area contributed by atoms with Crippen LogP contribution in [0.2, 0.25) is 0 Å². The number of carboxylic acid groups (broad SMARTS) is 1. The van der Waals surface area contributed by atoms with Crippen molar-refractivity contribution in [2.24, 2.45) is 5.92 Å². The summed E-state index contributed by atoms with van der Waals surface area (Å²) in [4.78, 5) is 39.9. The molecule has 3 rings (SSSR count). The second kappa shape index (κ2) is 17.5. The highest BCUT2D eigenvalue weighted by molar-refractivity contribution is 7.98. The van der Waals surface area contributed by atoms with Crippen molar-refractivity contribution in [1.29, 1.82) is 0 Å². The van der Waals surface area contributed by atoms with Crippen LogP contribution in [0.5, 0.6) is 0 Å². The summed E-state index contributed by atoms with van der Waals surface area (Å²) >= 11 is 1.54. The van der Waals surface area contributed by atoms with Gasteiger partial charge in [-0.1, -0.05) is 93.1 Å². The minimum Gasteiger partial charge on any atom is -0.480 e. The molecule has 8 nitrogen and oxygen atoms in total. The molecule has 0 bridgehead atoms. The van der Waals surface area contributed by atoms with Crippen LogP contribution in [0.25, 0.3) is 10.8 Å². The molecular formula is C33H43N3O5S. The molecular weight excluding hydrogens is 550 g/mol. The lowest BCUT2D eigenvalue weighted by molar-refractivity contribution is -0.142. The van der Waals surface area contributed by atoms with E-state index in [2.05, 4.69) is 42.7 Å². The third kappa shape index (κ3) is 10.8. The van der Waals surface area contributed by atoms with Gasteiger partial charge < -0.3 is 20.5 Å². The minimum absolute atomic E-state index is 0.000416. The molecule has 0 saturated heterocycles. The van der Waals surface area contributed by atoms with Crippen LogP contribution >= 0.6 is 11.8 Å². The number of carboxylic acids is 1. The Morgan fingerprint density at radius 3 is 2.38 bits per heavy atom. The first kappa shape index (κ1) is 33.1. The molecule has 0 unspecified atom stereocenters. The van der Waals surface area contributed by atoms with E-state index in [9.17, 15) is 19.5 Å². The van der Waals surface area contributed by atoms with Crippen LogP contribution in [0.4, 0.5) is 0 Å². The fourth-order valence-corrected chi connectivity index (χ4v) is 5.28. The van der Waals surface area contributed by atoms with E-state index in [4.69, 9.17) is 4.74 Å². The van der Waals surface area contributed by atoms with Crippen LogP contribution in [-0.4, -0.2) is 71.6 Å². The third-order valence-electron chi connectivity index (χ3n) is 7.36. The van der Waals surface area contributed by atoms with Crippen molar-refractivity contribution in [3.8, 4) is 0 Å². The maximum atomic E-state index is 13.2. The largest absolute Gasteiger partial charge is 0.480 e. The van der Waals surface area contributed by atoms with E-state index in [-0.39, 0.29) is 36.9 Å². The SMILES string of the molecule is CC[C@H](C)[C@@H](CN(CC(=O)N[C@@H](CCSC)C(=O)O)Cc1cccc2ccccc12)NC(=O)COCc1ccccc1. The first-order chi connectivity index (χ1) is 20.3. The Hall–Kier alpha value is -3.40. The molecule has 0 aromatic heterocycles. The summed E-state index contributed by atoms with van der Waals surface area (Å²) in [7, 11) is 0. The number of nitrogens with one attached hydrogen (secondary N) is 2. The van der Waals surface area contributed by atoms with E-state index >= 15 is 0 Å². The van der Waals surface area contributed by atoms with Crippen molar-refractivity contribution in [1.82, 2.24) is 15.5 Å². The van der Waals surface area contributed by atoms with E-state index in [1.165, 1.54) is 11.8 Å². The fraction of sp³-hybridized carbons (Fsp3) is 0.424. The lowest BCUT2D eigenvalue weighted by Crippen LogP contribution is -2.51. The van der Waals surface area contributed by atoms with Gasteiger partial charge in [0.05, 0.1) is 13.2 Å². The number of hydrogen-bond donors (Lipinski definition) is 3. The summed E-state index contributed by atoms with van der Waals surface area (Å²) in [6.45, 7) is 5.30. The van der Waals surface area contributed by atoms with Crippen LogP contribution < -0.4 is 10.6 Å². The van der Waals surface area contributed by atoms with Crippen molar-refractivity contribution in [2.75, 3.05) is 31.7 Å². The van der Waals surface area contributed by atoms with Crippen molar-refractivity contribution in [3.05, 3.63) is 83.9 Å². The Kier molecular flexibility index (Phi) is 13.8. The van der Waals surface area contributed by atoms with Crippen molar-refractivity contribution in [3.63, 3.8) is 0 Å². The maximum absolute atomic E-state index is 13.2. The summed E-state index contributed by atoms with van der Waals surface area (Å²) in [6.07, 6.45) is 3.09. The van der Waals surface area contributed by atoms with Crippen LogP contribution in [-0.2, 0) is 32.3 Å². The molecule has 0 saturated carbocycles. The molecule has 226 valence electrons. The molecule has 0 aliphatic carbocycles. The zero-order valence-electron chi connectivity index (χ0n) is 24.8. The van der Waals surface area contributed by atoms with Gasteiger partial charge in [0.2, 0.25) is 11.8 Å². The number of amides is 2. The number of carbonyl (C=O) groups excluding carboxylic acids is 2. The summed E-state index contributed by atoms with van der Waals surface area (Å²) in [6, 6.07) is 22.7. The number of carbonyl (C=O) groups is 3. The molecule has 0 spiro atoms. The van der Waals surface area contributed by atoms with Crippen LogP contribution in [0.15, 0.2) is 72.8 Å². The maximum Gasteiger partial charge on any atom is 0.326 e. The predicted molar refractivity (Wildman–Crippen MR) is 169 cm³/mol. The number of ether oxygens (including phenoxy) is 1. The molecule has 3 atom stereocenters. The number of benzene rings is 3. The second-order valence-corrected chi connectivity index (χ2v) is 11.6. The Bertz CT molecular complexity index is 1280. The van der Waals surface area contributed by atoms with E-state index < -0.39 is 12.0 Å². The van der Waals surface area contributed by atoms with E-state index in [0.717, 1.165) is 28.3 Å². The van der Waals surface area contributed by atoms with Gasteiger partial charge in [-0.2, -0.15) is 11.8 Å². The van der Waals surface area contributed by atoms with Crippen molar-refractivity contribution >= 4 is 40.3 Å². The molecule has 0 fully saturated rings. The number of fused-ring (bicyclic) bond motifs is 1.